The van der Waals surface area contributed by atoms with E-state index < -0.39 is 0 Å². The van der Waals surface area contributed by atoms with Gasteiger partial charge in [0, 0.05) is 12.0 Å². The molecule has 0 aliphatic carbocycles. The van der Waals surface area contributed by atoms with Gasteiger partial charge in [0.25, 0.3) is 0 Å². The summed E-state index contributed by atoms with van der Waals surface area (Å²) in [6, 6.07) is 13.3. The van der Waals surface area contributed by atoms with Gasteiger partial charge in [-0.1, -0.05) is 57.5 Å². The van der Waals surface area contributed by atoms with Crippen LogP contribution >= 0.6 is 0 Å². The molecule has 0 aliphatic rings. The fraction of sp³-hybridized carbons (Fsp3) is 0.368. The first kappa shape index (κ1) is 15.4. The summed E-state index contributed by atoms with van der Waals surface area (Å²) < 4.78 is 0. The molecule has 0 atom stereocenters. The number of hydrogen-bond donors (Lipinski definition) is 2. The molecule has 0 heterocycles. The van der Waals surface area contributed by atoms with Gasteiger partial charge < -0.3 is 10.2 Å². The summed E-state index contributed by atoms with van der Waals surface area (Å²) in [7, 11) is 0. The van der Waals surface area contributed by atoms with Crippen molar-refractivity contribution >= 4 is 0 Å². The summed E-state index contributed by atoms with van der Waals surface area (Å²) in [5, 5.41) is 19.7. The molecule has 0 radical (unpaired) electrons. The number of benzene rings is 2. The second-order valence-electron chi connectivity index (χ2n) is 6.28. The molecule has 2 nitrogen and oxygen atoms in total. The van der Waals surface area contributed by atoms with Gasteiger partial charge in [0.1, 0.15) is 11.5 Å². The monoisotopic (exact) mass is 284 g/mol. The van der Waals surface area contributed by atoms with Crippen molar-refractivity contribution in [3.8, 4) is 11.5 Å². The molecule has 0 fully saturated rings. The van der Waals surface area contributed by atoms with Crippen molar-refractivity contribution in [2.75, 3.05) is 0 Å². The van der Waals surface area contributed by atoms with Crippen LogP contribution in [-0.4, -0.2) is 10.2 Å². The fourth-order valence-electron chi connectivity index (χ4n) is 2.79. The number of phenolic OH excluding ortho intramolecular Hbond substituents is 2. The van der Waals surface area contributed by atoms with Crippen LogP contribution in [0, 0.1) is 0 Å². The molecular weight excluding hydrogens is 260 g/mol. The molecule has 0 amide bonds. The van der Waals surface area contributed by atoms with Crippen molar-refractivity contribution in [1.29, 1.82) is 0 Å². The van der Waals surface area contributed by atoms with E-state index in [-0.39, 0.29) is 16.9 Å². The van der Waals surface area contributed by atoms with Crippen molar-refractivity contribution in [1.82, 2.24) is 0 Å². The lowest BCUT2D eigenvalue weighted by atomic mass is 9.80. The third-order valence-electron chi connectivity index (χ3n) is 4.12. The van der Waals surface area contributed by atoms with Crippen LogP contribution in [0.5, 0.6) is 11.5 Å². The highest BCUT2D eigenvalue weighted by molar-refractivity contribution is 5.46. The van der Waals surface area contributed by atoms with Gasteiger partial charge in [-0.2, -0.15) is 0 Å². The summed E-state index contributed by atoms with van der Waals surface area (Å²) in [5.74, 6) is 0.288. The average Bonchev–Trinajstić information content (AvgIpc) is 2.43. The highest BCUT2D eigenvalue weighted by Gasteiger charge is 2.19. The molecule has 2 aromatic rings. The quantitative estimate of drug-likeness (QED) is 0.830. The van der Waals surface area contributed by atoms with Gasteiger partial charge in [-0.15, -0.1) is 0 Å². The van der Waals surface area contributed by atoms with Crippen molar-refractivity contribution in [3.63, 3.8) is 0 Å². The van der Waals surface area contributed by atoms with Crippen LogP contribution in [0.1, 0.15) is 50.3 Å². The third-order valence-corrected chi connectivity index (χ3v) is 4.12. The predicted molar refractivity (Wildman–Crippen MR) is 87.0 cm³/mol. The van der Waals surface area contributed by atoms with E-state index in [9.17, 15) is 10.2 Å². The van der Waals surface area contributed by atoms with Crippen LogP contribution < -0.4 is 0 Å². The molecule has 2 N–H and O–H groups in total. The minimum Gasteiger partial charge on any atom is -0.508 e. The zero-order chi connectivity index (χ0) is 15.5. The summed E-state index contributed by atoms with van der Waals surface area (Å²) in [6.07, 6.45) is 2.86. The van der Waals surface area contributed by atoms with Gasteiger partial charge >= 0.3 is 0 Å². The molecule has 0 bridgehead atoms. The van der Waals surface area contributed by atoms with E-state index in [0.717, 1.165) is 12.0 Å². The lowest BCUT2D eigenvalue weighted by Gasteiger charge is -2.25. The first-order valence-electron chi connectivity index (χ1n) is 7.53. The largest absolute Gasteiger partial charge is 0.508 e. The SMILES string of the molecule is CCCC(C)(C)c1ccc(Cc2c(O)cccc2O)cc1. The van der Waals surface area contributed by atoms with E-state index >= 15 is 0 Å². The van der Waals surface area contributed by atoms with Crippen LogP contribution in [0.25, 0.3) is 0 Å². The zero-order valence-corrected chi connectivity index (χ0v) is 13.1. The maximum atomic E-state index is 9.85. The Hall–Kier alpha value is -1.96. The van der Waals surface area contributed by atoms with Gasteiger partial charge in [-0.3, -0.25) is 0 Å². The van der Waals surface area contributed by atoms with Crippen LogP contribution in [0.2, 0.25) is 0 Å². The molecular formula is C19H24O2. The molecule has 0 unspecified atom stereocenters. The maximum absolute atomic E-state index is 9.85. The number of aromatic hydroxyl groups is 2. The Morgan fingerprint density at radius 3 is 2.00 bits per heavy atom. The number of phenols is 2. The van der Waals surface area contributed by atoms with Crippen LogP contribution in [0.3, 0.4) is 0 Å². The summed E-state index contributed by atoms with van der Waals surface area (Å²) in [6.45, 7) is 6.73. The molecule has 2 heteroatoms. The van der Waals surface area contributed by atoms with E-state index in [1.54, 1.807) is 18.2 Å². The molecule has 21 heavy (non-hydrogen) atoms. The highest BCUT2D eigenvalue weighted by atomic mass is 16.3. The van der Waals surface area contributed by atoms with E-state index in [2.05, 4.69) is 45.0 Å². The highest BCUT2D eigenvalue weighted by Crippen LogP contribution is 2.31. The Morgan fingerprint density at radius 1 is 0.905 bits per heavy atom. The second-order valence-corrected chi connectivity index (χ2v) is 6.28. The fourth-order valence-corrected chi connectivity index (χ4v) is 2.79. The Balaban J connectivity index is 2.20. The molecule has 2 aromatic carbocycles. The van der Waals surface area contributed by atoms with Crippen molar-refractivity contribution < 1.29 is 10.2 Å². The van der Waals surface area contributed by atoms with E-state index in [1.807, 2.05) is 0 Å². The molecule has 112 valence electrons. The zero-order valence-electron chi connectivity index (χ0n) is 13.1. The van der Waals surface area contributed by atoms with Gasteiger partial charge in [-0.25, -0.2) is 0 Å². The lowest BCUT2D eigenvalue weighted by molar-refractivity contribution is 0.440. The van der Waals surface area contributed by atoms with Gasteiger partial charge in [0.05, 0.1) is 0 Å². The van der Waals surface area contributed by atoms with Gasteiger partial charge in [-0.05, 0) is 35.1 Å². The molecule has 0 saturated heterocycles. The van der Waals surface area contributed by atoms with Crippen molar-refractivity contribution in [2.24, 2.45) is 0 Å². The minimum atomic E-state index is 0.144. The first-order chi connectivity index (χ1) is 9.94. The Morgan fingerprint density at radius 2 is 1.48 bits per heavy atom. The standard InChI is InChI=1S/C19H24O2/c1-4-12-19(2,3)15-10-8-14(9-11-15)13-16-17(20)6-5-7-18(16)21/h5-11,20-21H,4,12-13H2,1-3H3. The van der Waals surface area contributed by atoms with Crippen LogP contribution in [0.15, 0.2) is 42.5 Å². The Labute approximate surface area is 127 Å². The maximum Gasteiger partial charge on any atom is 0.122 e. The lowest BCUT2D eigenvalue weighted by Crippen LogP contribution is -2.16. The van der Waals surface area contributed by atoms with E-state index in [4.69, 9.17) is 0 Å². The predicted octanol–water partition coefficient (Wildman–Crippen LogP) is 4.77. The van der Waals surface area contributed by atoms with E-state index in [1.165, 1.54) is 12.0 Å². The van der Waals surface area contributed by atoms with Crippen LogP contribution in [0.4, 0.5) is 0 Å². The van der Waals surface area contributed by atoms with Crippen LogP contribution in [-0.2, 0) is 11.8 Å². The molecule has 0 spiro atoms. The van der Waals surface area contributed by atoms with Crippen molar-refractivity contribution in [3.05, 3.63) is 59.2 Å². The van der Waals surface area contributed by atoms with Crippen molar-refractivity contribution in [2.45, 2.75) is 45.4 Å². The van der Waals surface area contributed by atoms with Gasteiger partial charge in [0.15, 0.2) is 0 Å². The molecule has 2 rings (SSSR count). The molecule has 0 saturated carbocycles. The van der Waals surface area contributed by atoms with Gasteiger partial charge in [0.2, 0.25) is 0 Å². The number of rotatable bonds is 5. The van der Waals surface area contributed by atoms with E-state index in [0.29, 0.717) is 12.0 Å². The normalized spacial score (nSPS) is 11.6. The Bertz CT molecular complexity index is 577. The summed E-state index contributed by atoms with van der Waals surface area (Å²) in [4.78, 5) is 0. The second kappa shape index (κ2) is 6.21. The molecule has 0 aliphatic heterocycles. The third kappa shape index (κ3) is 3.57. The molecule has 0 aromatic heterocycles. The smallest absolute Gasteiger partial charge is 0.122 e. The summed E-state index contributed by atoms with van der Waals surface area (Å²) >= 11 is 0. The first-order valence-corrected chi connectivity index (χ1v) is 7.53. The summed E-state index contributed by atoms with van der Waals surface area (Å²) in [5.41, 5.74) is 3.18. The number of hydrogen-bond acceptors (Lipinski definition) is 2. The topological polar surface area (TPSA) is 40.5 Å². The Kier molecular flexibility index (Phi) is 4.56. The average molecular weight is 284 g/mol. The minimum absolute atomic E-state index is 0.144.